The van der Waals surface area contributed by atoms with Gasteiger partial charge in [0.2, 0.25) is 5.91 Å². The van der Waals surface area contributed by atoms with Crippen LogP contribution >= 0.6 is 35.0 Å². The second-order valence-corrected chi connectivity index (χ2v) is 9.33. The zero-order chi connectivity index (χ0) is 24.1. The van der Waals surface area contributed by atoms with Crippen molar-refractivity contribution >= 4 is 57.7 Å². The fraction of sp³-hybridized carbons (Fsp3) is 0.292. The molecule has 2 N–H and O–H groups in total. The summed E-state index contributed by atoms with van der Waals surface area (Å²) >= 11 is 13.9. The molecule has 1 atom stereocenters. The predicted octanol–water partition coefficient (Wildman–Crippen LogP) is 5.82. The van der Waals surface area contributed by atoms with E-state index < -0.39 is 12.0 Å². The van der Waals surface area contributed by atoms with Gasteiger partial charge in [0.1, 0.15) is 6.04 Å². The zero-order valence-electron chi connectivity index (χ0n) is 18.8. The van der Waals surface area contributed by atoms with Crippen LogP contribution in [0.5, 0.6) is 0 Å². The average Bonchev–Trinajstić information content (AvgIpc) is 2.73. The molecule has 0 radical (unpaired) electrons. The number of aryl methyl sites for hydroxylation is 2. The third-order valence-electron chi connectivity index (χ3n) is 4.84. The summed E-state index contributed by atoms with van der Waals surface area (Å²) in [4.78, 5) is 29.9. The van der Waals surface area contributed by atoms with E-state index >= 15 is 0 Å². The van der Waals surface area contributed by atoms with Gasteiger partial charge in [-0.05, 0) is 57.0 Å². The van der Waals surface area contributed by atoms with E-state index in [2.05, 4.69) is 15.6 Å². The molecule has 1 heterocycles. The molecule has 3 rings (SSSR count). The largest absolute Gasteiger partial charge is 0.463 e. The monoisotopic (exact) mass is 505 g/mol. The minimum atomic E-state index is -0.707. The normalized spacial score (nSPS) is 15.6. The van der Waals surface area contributed by atoms with Gasteiger partial charge in [0.05, 0.1) is 28.0 Å². The summed E-state index contributed by atoms with van der Waals surface area (Å²) in [6, 6.07) is 10.4. The lowest BCUT2D eigenvalue weighted by molar-refractivity contribution is -0.139. The van der Waals surface area contributed by atoms with Gasteiger partial charge in [-0.1, -0.05) is 53.2 Å². The highest BCUT2D eigenvalue weighted by molar-refractivity contribution is 8.14. The number of esters is 1. The Morgan fingerprint density at radius 3 is 2.52 bits per heavy atom. The number of aliphatic imine (C=N–C) groups is 1. The van der Waals surface area contributed by atoms with Gasteiger partial charge in [-0.15, -0.1) is 0 Å². The van der Waals surface area contributed by atoms with E-state index in [0.29, 0.717) is 32.0 Å². The first-order chi connectivity index (χ1) is 15.7. The van der Waals surface area contributed by atoms with E-state index in [0.717, 1.165) is 16.8 Å². The van der Waals surface area contributed by atoms with Crippen molar-refractivity contribution in [2.45, 2.75) is 33.7 Å². The fourth-order valence-electron chi connectivity index (χ4n) is 3.53. The number of thioether (sulfide) groups is 1. The molecule has 1 amide bonds. The van der Waals surface area contributed by atoms with Crippen LogP contribution in [0.2, 0.25) is 10.0 Å². The number of amides is 1. The molecule has 0 aromatic heterocycles. The van der Waals surface area contributed by atoms with Gasteiger partial charge in [-0.2, -0.15) is 0 Å². The SMILES string of the molecule is CCOC(=O)C1=C(C)NC(SCC(=O)Nc2cc(C)cc(C)c2)=N[C@@H]1c1cccc(Cl)c1Cl. The lowest BCUT2D eigenvalue weighted by Crippen LogP contribution is -2.31. The van der Waals surface area contributed by atoms with Crippen molar-refractivity contribution in [1.82, 2.24) is 5.32 Å². The number of nitrogens with zero attached hydrogens (tertiary/aromatic N) is 1. The van der Waals surface area contributed by atoms with Crippen molar-refractivity contribution in [2.75, 3.05) is 17.7 Å². The van der Waals surface area contributed by atoms with Crippen molar-refractivity contribution in [3.63, 3.8) is 0 Å². The Morgan fingerprint density at radius 2 is 1.85 bits per heavy atom. The molecule has 0 bridgehead atoms. The van der Waals surface area contributed by atoms with Gasteiger partial charge in [0.25, 0.3) is 0 Å². The Labute approximate surface area is 207 Å². The van der Waals surface area contributed by atoms with Crippen molar-refractivity contribution in [3.8, 4) is 0 Å². The first-order valence-electron chi connectivity index (χ1n) is 10.4. The molecule has 0 aliphatic carbocycles. The summed E-state index contributed by atoms with van der Waals surface area (Å²) in [6.07, 6.45) is 0. The molecule has 1 aliphatic rings. The Balaban J connectivity index is 1.81. The molecule has 174 valence electrons. The molecule has 0 unspecified atom stereocenters. The minimum Gasteiger partial charge on any atom is -0.463 e. The number of hydrogen-bond acceptors (Lipinski definition) is 6. The zero-order valence-corrected chi connectivity index (χ0v) is 21.1. The molecule has 0 saturated heterocycles. The predicted molar refractivity (Wildman–Crippen MR) is 136 cm³/mol. The molecule has 1 aliphatic heterocycles. The number of allylic oxidation sites excluding steroid dienone is 1. The van der Waals surface area contributed by atoms with Crippen molar-refractivity contribution in [2.24, 2.45) is 4.99 Å². The Kier molecular flexibility index (Phi) is 8.46. The van der Waals surface area contributed by atoms with Crippen LogP contribution in [0.25, 0.3) is 0 Å². The topological polar surface area (TPSA) is 79.8 Å². The van der Waals surface area contributed by atoms with Crippen LogP contribution in [0.15, 0.2) is 52.7 Å². The van der Waals surface area contributed by atoms with E-state index in [4.69, 9.17) is 27.9 Å². The number of benzene rings is 2. The van der Waals surface area contributed by atoms with Crippen LogP contribution in [0.1, 0.15) is 36.6 Å². The average molecular weight is 506 g/mol. The molecule has 6 nitrogen and oxygen atoms in total. The smallest absolute Gasteiger partial charge is 0.338 e. The maximum absolute atomic E-state index is 12.7. The highest BCUT2D eigenvalue weighted by Gasteiger charge is 2.32. The van der Waals surface area contributed by atoms with Gasteiger partial charge in [-0.3, -0.25) is 4.79 Å². The number of rotatable bonds is 6. The van der Waals surface area contributed by atoms with Gasteiger partial charge in [-0.25, -0.2) is 9.79 Å². The summed E-state index contributed by atoms with van der Waals surface area (Å²) < 4.78 is 5.24. The first kappa shape index (κ1) is 25.1. The summed E-state index contributed by atoms with van der Waals surface area (Å²) in [5.74, 6) is -0.509. The number of ether oxygens (including phenoxy) is 1. The van der Waals surface area contributed by atoms with E-state index in [-0.39, 0.29) is 18.3 Å². The molecular weight excluding hydrogens is 481 g/mol. The van der Waals surface area contributed by atoms with Gasteiger partial charge < -0.3 is 15.4 Å². The summed E-state index contributed by atoms with van der Waals surface area (Å²) in [7, 11) is 0. The highest BCUT2D eigenvalue weighted by Crippen LogP contribution is 2.39. The third-order valence-corrected chi connectivity index (χ3v) is 6.56. The first-order valence-corrected chi connectivity index (χ1v) is 12.1. The fourth-order valence-corrected chi connectivity index (χ4v) is 4.68. The van der Waals surface area contributed by atoms with Crippen LogP contribution in [0.4, 0.5) is 5.69 Å². The maximum Gasteiger partial charge on any atom is 0.338 e. The van der Waals surface area contributed by atoms with Gasteiger partial charge in [0, 0.05) is 16.9 Å². The number of amidine groups is 1. The van der Waals surface area contributed by atoms with E-state index in [1.54, 1.807) is 32.0 Å². The van der Waals surface area contributed by atoms with Crippen molar-refractivity contribution in [1.29, 1.82) is 0 Å². The van der Waals surface area contributed by atoms with Crippen LogP contribution in [-0.2, 0) is 14.3 Å². The number of carbonyl (C=O) groups is 2. The summed E-state index contributed by atoms with van der Waals surface area (Å²) in [5.41, 5.74) is 4.42. The standard InChI is InChI=1S/C24H25Cl2N3O3S/c1-5-32-23(31)20-15(4)27-24(29-22(20)17-7-6-8-18(25)21(17)26)33-12-19(30)28-16-10-13(2)9-14(3)11-16/h6-11,22H,5,12H2,1-4H3,(H,27,29)(H,28,30)/t22-/m1/s1. The summed E-state index contributed by atoms with van der Waals surface area (Å²) in [5, 5.41) is 7.21. The van der Waals surface area contributed by atoms with Crippen molar-refractivity contribution in [3.05, 3.63) is 74.4 Å². The second-order valence-electron chi connectivity index (χ2n) is 7.58. The third kappa shape index (κ3) is 6.31. The van der Waals surface area contributed by atoms with Crippen LogP contribution < -0.4 is 10.6 Å². The Morgan fingerprint density at radius 1 is 1.15 bits per heavy atom. The summed E-state index contributed by atoms with van der Waals surface area (Å²) in [6.45, 7) is 7.70. The van der Waals surface area contributed by atoms with Gasteiger partial charge >= 0.3 is 5.97 Å². The highest BCUT2D eigenvalue weighted by atomic mass is 35.5. The number of halogens is 2. The number of anilines is 1. The quantitative estimate of drug-likeness (QED) is 0.483. The van der Waals surface area contributed by atoms with Crippen LogP contribution in [0, 0.1) is 13.8 Å². The van der Waals surface area contributed by atoms with Crippen molar-refractivity contribution < 1.29 is 14.3 Å². The van der Waals surface area contributed by atoms with Crippen LogP contribution in [0.3, 0.4) is 0 Å². The van der Waals surface area contributed by atoms with E-state index in [1.165, 1.54) is 11.8 Å². The Bertz CT molecular complexity index is 1130. The molecule has 9 heteroatoms. The van der Waals surface area contributed by atoms with E-state index in [9.17, 15) is 9.59 Å². The molecule has 0 spiro atoms. The number of carbonyl (C=O) groups excluding carboxylic acids is 2. The minimum absolute atomic E-state index is 0.136. The number of nitrogens with one attached hydrogen (secondary N) is 2. The maximum atomic E-state index is 12.7. The molecule has 2 aromatic rings. The molecule has 33 heavy (non-hydrogen) atoms. The second kappa shape index (κ2) is 11.1. The van der Waals surface area contributed by atoms with E-state index in [1.807, 2.05) is 32.0 Å². The Hall–Kier alpha value is -2.48. The molecule has 0 saturated carbocycles. The lowest BCUT2D eigenvalue weighted by atomic mass is 9.96. The molecule has 0 fully saturated rings. The lowest BCUT2D eigenvalue weighted by Gasteiger charge is -2.26. The van der Waals surface area contributed by atoms with Crippen LogP contribution in [-0.4, -0.2) is 29.4 Å². The number of hydrogen-bond donors (Lipinski definition) is 2. The molecule has 2 aromatic carbocycles. The molecular formula is C24H25Cl2N3O3S. The van der Waals surface area contributed by atoms with Gasteiger partial charge in [0.15, 0.2) is 5.17 Å².